The number of aryl methyl sites for hydroxylation is 1. The molecule has 18 heavy (non-hydrogen) atoms. The molecule has 3 rings (SSSR count). The van der Waals surface area contributed by atoms with E-state index in [4.69, 9.17) is 5.11 Å². The summed E-state index contributed by atoms with van der Waals surface area (Å²) in [7, 11) is 0. The minimum absolute atomic E-state index is 0.194. The number of aromatic amines is 2. The summed E-state index contributed by atoms with van der Waals surface area (Å²) in [6.07, 6.45) is 0. The Morgan fingerprint density at radius 3 is 2.61 bits per heavy atom. The van der Waals surface area contributed by atoms with E-state index in [-0.39, 0.29) is 5.69 Å². The van der Waals surface area contributed by atoms with Gasteiger partial charge in [-0.25, -0.2) is 4.79 Å². The van der Waals surface area contributed by atoms with Crippen molar-refractivity contribution in [2.75, 3.05) is 0 Å². The number of aromatic carboxylic acids is 1. The van der Waals surface area contributed by atoms with Gasteiger partial charge in [0.2, 0.25) is 0 Å². The molecule has 0 atom stereocenters. The molecule has 1 aromatic carbocycles. The van der Waals surface area contributed by atoms with Gasteiger partial charge in [-0.15, -0.1) is 0 Å². The highest BCUT2D eigenvalue weighted by molar-refractivity contribution is 5.89. The molecule has 0 aliphatic rings. The van der Waals surface area contributed by atoms with Gasteiger partial charge < -0.3 is 15.1 Å². The standard InChI is InChI=1S/C14H12N2O2/c1-8-2-3-10-9(6-8)7-13(15-10)11-4-5-12(16-11)14(17)18/h2-7,15-16H,1H3,(H,17,18). The van der Waals surface area contributed by atoms with Gasteiger partial charge in [0.1, 0.15) is 5.69 Å². The van der Waals surface area contributed by atoms with Crippen LogP contribution in [-0.2, 0) is 0 Å². The zero-order valence-electron chi connectivity index (χ0n) is 9.82. The lowest BCUT2D eigenvalue weighted by Crippen LogP contribution is -1.95. The lowest BCUT2D eigenvalue weighted by molar-refractivity contribution is 0.0691. The van der Waals surface area contributed by atoms with Crippen LogP contribution in [-0.4, -0.2) is 21.0 Å². The number of hydrogen-bond donors (Lipinski definition) is 3. The molecule has 0 amide bonds. The zero-order chi connectivity index (χ0) is 12.7. The molecule has 0 spiro atoms. The van der Waals surface area contributed by atoms with Gasteiger partial charge in [-0.1, -0.05) is 11.6 Å². The van der Waals surface area contributed by atoms with E-state index >= 15 is 0 Å². The summed E-state index contributed by atoms with van der Waals surface area (Å²) in [6, 6.07) is 11.5. The van der Waals surface area contributed by atoms with Crippen molar-refractivity contribution in [1.29, 1.82) is 0 Å². The number of carboxylic acids is 1. The van der Waals surface area contributed by atoms with E-state index in [1.165, 1.54) is 5.56 Å². The smallest absolute Gasteiger partial charge is 0.352 e. The number of carboxylic acid groups (broad SMARTS) is 1. The van der Waals surface area contributed by atoms with Gasteiger partial charge in [0.15, 0.2) is 0 Å². The molecule has 0 radical (unpaired) electrons. The second-order valence-corrected chi connectivity index (χ2v) is 4.36. The van der Waals surface area contributed by atoms with Crippen LogP contribution < -0.4 is 0 Å². The van der Waals surface area contributed by atoms with E-state index < -0.39 is 5.97 Å². The molecular weight excluding hydrogens is 228 g/mol. The van der Waals surface area contributed by atoms with Crippen molar-refractivity contribution in [2.24, 2.45) is 0 Å². The van der Waals surface area contributed by atoms with Crippen LogP contribution in [0.5, 0.6) is 0 Å². The van der Waals surface area contributed by atoms with Crippen LogP contribution in [0.25, 0.3) is 22.3 Å². The monoisotopic (exact) mass is 240 g/mol. The lowest BCUT2D eigenvalue weighted by Gasteiger charge is -1.92. The molecule has 0 saturated heterocycles. The maximum Gasteiger partial charge on any atom is 0.352 e. The topological polar surface area (TPSA) is 68.9 Å². The van der Waals surface area contributed by atoms with Gasteiger partial charge in [0.25, 0.3) is 0 Å². The summed E-state index contributed by atoms with van der Waals surface area (Å²) in [6.45, 7) is 2.04. The number of H-pyrrole nitrogens is 2. The van der Waals surface area contributed by atoms with Crippen molar-refractivity contribution >= 4 is 16.9 Å². The molecule has 0 aliphatic carbocycles. The molecule has 0 unspecified atom stereocenters. The number of benzene rings is 1. The molecular formula is C14H12N2O2. The highest BCUT2D eigenvalue weighted by Crippen LogP contribution is 2.24. The summed E-state index contributed by atoms with van der Waals surface area (Å²) in [5.41, 5.74) is 4.11. The van der Waals surface area contributed by atoms with Crippen LogP contribution in [0.15, 0.2) is 36.4 Å². The highest BCUT2D eigenvalue weighted by atomic mass is 16.4. The first-order valence-electron chi connectivity index (χ1n) is 5.65. The second kappa shape index (κ2) is 3.77. The number of nitrogens with one attached hydrogen (secondary N) is 2. The van der Waals surface area contributed by atoms with Gasteiger partial charge in [-0.3, -0.25) is 0 Å². The maximum absolute atomic E-state index is 10.8. The van der Waals surface area contributed by atoms with Gasteiger partial charge in [0, 0.05) is 10.9 Å². The predicted octanol–water partition coefficient (Wildman–Crippen LogP) is 3.17. The van der Waals surface area contributed by atoms with E-state index in [0.717, 1.165) is 22.3 Å². The van der Waals surface area contributed by atoms with Crippen molar-refractivity contribution in [3.8, 4) is 11.4 Å². The third-order valence-electron chi connectivity index (χ3n) is 2.98. The maximum atomic E-state index is 10.8. The van der Waals surface area contributed by atoms with E-state index in [1.807, 2.05) is 25.1 Å². The average Bonchev–Trinajstić information content (AvgIpc) is 2.93. The normalized spacial score (nSPS) is 10.9. The Morgan fingerprint density at radius 1 is 1.06 bits per heavy atom. The minimum Gasteiger partial charge on any atom is -0.477 e. The average molecular weight is 240 g/mol. The molecule has 4 nitrogen and oxygen atoms in total. The quantitative estimate of drug-likeness (QED) is 0.644. The van der Waals surface area contributed by atoms with Gasteiger partial charge in [-0.2, -0.15) is 0 Å². The molecule has 0 aliphatic heterocycles. The van der Waals surface area contributed by atoms with Crippen LogP contribution in [0.4, 0.5) is 0 Å². The number of rotatable bonds is 2. The summed E-state index contributed by atoms with van der Waals surface area (Å²) in [5, 5.41) is 10.0. The fourth-order valence-electron chi connectivity index (χ4n) is 2.07. The Morgan fingerprint density at radius 2 is 1.89 bits per heavy atom. The van der Waals surface area contributed by atoms with E-state index in [1.54, 1.807) is 12.1 Å². The van der Waals surface area contributed by atoms with Crippen LogP contribution in [0.2, 0.25) is 0 Å². The van der Waals surface area contributed by atoms with Crippen molar-refractivity contribution in [3.05, 3.63) is 47.7 Å². The van der Waals surface area contributed by atoms with E-state index in [0.29, 0.717) is 0 Å². The number of fused-ring (bicyclic) bond motifs is 1. The van der Waals surface area contributed by atoms with Crippen molar-refractivity contribution in [1.82, 2.24) is 9.97 Å². The van der Waals surface area contributed by atoms with Crippen LogP contribution in [0.1, 0.15) is 16.1 Å². The first-order chi connectivity index (χ1) is 8.63. The fourth-order valence-corrected chi connectivity index (χ4v) is 2.07. The fraction of sp³-hybridized carbons (Fsp3) is 0.0714. The van der Waals surface area contributed by atoms with Gasteiger partial charge >= 0.3 is 5.97 Å². The molecule has 2 heterocycles. The van der Waals surface area contributed by atoms with Crippen molar-refractivity contribution < 1.29 is 9.90 Å². The van der Waals surface area contributed by atoms with Crippen LogP contribution in [0, 0.1) is 6.92 Å². The molecule has 0 bridgehead atoms. The molecule has 0 saturated carbocycles. The van der Waals surface area contributed by atoms with Crippen LogP contribution in [0.3, 0.4) is 0 Å². The molecule has 2 aromatic heterocycles. The third kappa shape index (κ3) is 1.68. The first-order valence-corrected chi connectivity index (χ1v) is 5.65. The summed E-state index contributed by atoms with van der Waals surface area (Å²) >= 11 is 0. The van der Waals surface area contributed by atoms with Crippen molar-refractivity contribution in [3.63, 3.8) is 0 Å². The Kier molecular flexibility index (Phi) is 2.23. The molecule has 4 heteroatoms. The van der Waals surface area contributed by atoms with E-state index in [9.17, 15) is 4.79 Å². The lowest BCUT2D eigenvalue weighted by atomic mass is 10.2. The van der Waals surface area contributed by atoms with Gasteiger partial charge in [-0.05, 0) is 37.3 Å². The Bertz CT molecular complexity index is 737. The predicted molar refractivity (Wildman–Crippen MR) is 69.8 cm³/mol. The first kappa shape index (κ1) is 10.7. The number of hydrogen-bond acceptors (Lipinski definition) is 1. The minimum atomic E-state index is -0.951. The molecule has 0 fully saturated rings. The summed E-state index contributed by atoms with van der Waals surface area (Å²) in [4.78, 5) is 17.0. The summed E-state index contributed by atoms with van der Waals surface area (Å²) < 4.78 is 0. The Labute approximate surface area is 103 Å². The molecule has 3 aromatic rings. The SMILES string of the molecule is Cc1ccc2[nH]c(-c3ccc(C(=O)O)[nH]3)cc2c1. The number of aromatic nitrogens is 2. The summed E-state index contributed by atoms with van der Waals surface area (Å²) in [5.74, 6) is -0.951. The highest BCUT2D eigenvalue weighted by Gasteiger charge is 2.09. The van der Waals surface area contributed by atoms with Gasteiger partial charge in [0.05, 0.1) is 11.4 Å². The Hall–Kier alpha value is -2.49. The molecule has 90 valence electrons. The zero-order valence-corrected chi connectivity index (χ0v) is 9.82. The largest absolute Gasteiger partial charge is 0.477 e. The molecule has 3 N–H and O–H groups in total. The second-order valence-electron chi connectivity index (χ2n) is 4.36. The Balaban J connectivity index is 2.10. The number of carbonyl (C=O) groups is 1. The third-order valence-corrected chi connectivity index (χ3v) is 2.98. The van der Waals surface area contributed by atoms with E-state index in [2.05, 4.69) is 16.0 Å². The van der Waals surface area contributed by atoms with Crippen molar-refractivity contribution in [2.45, 2.75) is 6.92 Å². The van der Waals surface area contributed by atoms with Crippen LogP contribution >= 0.6 is 0 Å².